The molecule has 1 unspecified atom stereocenters. The average molecular weight is 540 g/mol. The molecular weight excluding hydrogens is 509 g/mol. The number of ether oxygens (including phenoxy) is 1. The third-order valence-corrected chi connectivity index (χ3v) is 9.54. The van der Waals surface area contributed by atoms with Crippen molar-refractivity contribution in [2.45, 2.75) is 51.9 Å². The molecule has 3 saturated carbocycles. The number of hydrogen-bond acceptors (Lipinski definition) is 6. The quantitative estimate of drug-likeness (QED) is 0.281. The minimum Gasteiger partial charge on any atom is -0.489 e. The van der Waals surface area contributed by atoms with Crippen molar-refractivity contribution in [1.82, 2.24) is 9.97 Å². The van der Waals surface area contributed by atoms with Gasteiger partial charge >= 0.3 is 7.12 Å². The number of halogens is 1. The zero-order chi connectivity index (χ0) is 26.8. The molecule has 39 heavy (non-hydrogen) atoms. The largest absolute Gasteiger partial charge is 0.494 e. The number of nitrogens with one attached hydrogen (secondary N) is 1. The predicted octanol–water partition coefficient (Wildman–Crippen LogP) is 6.54. The summed E-state index contributed by atoms with van der Waals surface area (Å²) in [6.07, 6.45) is 4.08. The summed E-state index contributed by atoms with van der Waals surface area (Å²) >= 11 is 6.15. The molecule has 4 fully saturated rings. The molecule has 2 heterocycles. The standard InChI is InChI=1S/C31H31BClN3O3/c1-30(2)20-13-27(30)31(3)28(14-20)38-32(39-31)21-9-7-19(8-10-21)17-37-24-11-12-26-25(16-24)29(35-18-34-26)36-23-6-4-5-22(33)15-23/h4-12,15-16,18,20,27-28H,13-14,17H2,1-3H3,(H,34,35,36)/t20-,27-,28?,31-/m0/s1. The lowest BCUT2D eigenvalue weighted by Gasteiger charge is -2.64. The second kappa shape index (κ2) is 9.22. The molecule has 0 radical (unpaired) electrons. The normalized spacial score (nSPS) is 26.7. The smallest absolute Gasteiger partial charge is 0.489 e. The van der Waals surface area contributed by atoms with Gasteiger partial charge in [-0.05, 0) is 84.4 Å². The van der Waals surface area contributed by atoms with Crippen molar-refractivity contribution >= 4 is 46.6 Å². The number of hydrogen-bond donors (Lipinski definition) is 1. The van der Waals surface area contributed by atoms with Gasteiger partial charge in [-0.2, -0.15) is 0 Å². The van der Waals surface area contributed by atoms with Crippen LogP contribution in [-0.4, -0.2) is 28.8 Å². The molecule has 0 spiro atoms. The van der Waals surface area contributed by atoms with Crippen LogP contribution in [0, 0.1) is 17.3 Å². The van der Waals surface area contributed by atoms with Gasteiger partial charge in [0.05, 0.1) is 17.2 Å². The first-order valence-corrected chi connectivity index (χ1v) is 14.0. The average Bonchev–Trinajstić information content (AvgIpc) is 3.29. The van der Waals surface area contributed by atoms with Crippen molar-refractivity contribution in [3.63, 3.8) is 0 Å². The van der Waals surface area contributed by atoms with Crippen LogP contribution >= 0.6 is 11.6 Å². The number of anilines is 2. The highest BCUT2D eigenvalue weighted by atomic mass is 35.5. The van der Waals surface area contributed by atoms with Crippen LogP contribution in [0.15, 0.2) is 73.1 Å². The highest BCUT2D eigenvalue weighted by molar-refractivity contribution is 6.62. The third kappa shape index (κ3) is 4.28. The van der Waals surface area contributed by atoms with Crippen LogP contribution < -0.4 is 15.5 Å². The molecule has 6 nitrogen and oxygen atoms in total. The molecule has 198 valence electrons. The summed E-state index contributed by atoms with van der Waals surface area (Å²) in [6, 6.07) is 21.8. The van der Waals surface area contributed by atoms with E-state index in [-0.39, 0.29) is 18.8 Å². The first kappa shape index (κ1) is 24.9. The van der Waals surface area contributed by atoms with Crippen molar-refractivity contribution in [1.29, 1.82) is 0 Å². The first-order chi connectivity index (χ1) is 18.8. The van der Waals surface area contributed by atoms with E-state index in [0.29, 0.717) is 28.8 Å². The van der Waals surface area contributed by atoms with Crippen molar-refractivity contribution in [3.8, 4) is 5.75 Å². The van der Waals surface area contributed by atoms with Crippen LogP contribution in [0.5, 0.6) is 5.75 Å². The van der Waals surface area contributed by atoms with Gasteiger partial charge in [0.2, 0.25) is 0 Å². The summed E-state index contributed by atoms with van der Waals surface area (Å²) in [5.41, 5.74) is 3.96. The Hall–Kier alpha value is -3.13. The highest BCUT2D eigenvalue weighted by Gasteiger charge is 2.67. The molecule has 3 aliphatic carbocycles. The maximum atomic E-state index is 6.62. The summed E-state index contributed by atoms with van der Waals surface area (Å²) in [7, 11) is -0.309. The molecule has 1 N–H and O–H groups in total. The van der Waals surface area contributed by atoms with Crippen molar-refractivity contribution in [2.75, 3.05) is 5.32 Å². The van der Waals surface area contributed by atoms with Crippen LogP contribution in [0.4, 0.5) is 11.5 Å². The number of benzene rings is 3. The lowest BCUT2D eigenvalue weighted by molar-refractivity contribution is -0.199. The molecule has 1 aliphatic heterocycles. The van der Waals surface area contributed by atoms with E-state index in [2.05, 4.69) is 60.3 Å². The molecule has 4 aliphatic rings. The zero-order valence-corrected chi connectivity index (χ0v) is 23.1. The molecular formula is C31H31BClN3O3. The van der Waals surface area contributed by atoms with Gasteiger partial charge in [0.15, 0.2) is 0 Å². The highest BCUT2D eigenvalue weighted by Crippen LogP contribution is 2.65. The van der Waals surface area contributed by atoms with Crippen molar-refractivity contribution in [2.24, 2.45) is 17.3 Å². The Labute approximate surface area is 234 Å². The van der Waals surface area contributed by atoms with Crippen molar-refractivity contribution < 1.29 is 14.0 Å². The van der Waals surface area contributed by atoms with E-state index in [1.54, 1.807) is 6.33 Å². The summed E-state index contributed by atoms with van der Waals surface area (Å²) < 4.78 is 19.2. The van der Waals surface area contributed by atoms with Crippen molar-refractivity contribution in [3.05, 3.63) is 83.6 Å². The minimum atomic E-state index is -0.309. The van der Waals surface area contributed by atoms with Crippen LogP contribution in [0.2, 0.25) is 5.02 Å². The van der Waals surface area contributed by atoms with E-state index in [4.69, 9.17) is 25.6 Å². The van der Waals surface area contributed by atoms with E-state index in [9.17, 15) is 0 Å². The number of fused-ring (bicyclic) bond motifs is 1. The topological polar surface area (TPSA) is 65.5 Å². The molecule has 8 rings (SSSR count). The fourth-order valence-corrected chi connectivity index (χ4v) is 7.06. The van der Waals surface area contributed by atoms with Gasteiger partial charge in [-0.1, -0.05) is 55.8 Å². The van der Waals surface area contributed by atoms with Gasteiger partial charge in [0, 0.05) is 16.1 Å². The number of nitrogens with zero attached hydrogens (tertiary/aromatic N) is 2. The maximum absolute atomic E-state index is 6.62. The zero-order valence-electron chi connectivity index (χ0n) is 22.4. The lowest BCUT2D eigenvalue weighted by atomic mass is 9.43. The van der Waals surface area contributed by atoms with E-state index in [1.165, 1.54) is 6.42 Å². The summed E-state index contributed by atoms with van der Waals surface area (Å²) in [5, 5.41) is 4.87. The van der Waals surface area contributed by atoms with Gasteiger partial charge in [-0.3, -0.25) is 0 Å². The van der Waals surface area contributed by atoms with E-state index in [0.717, 1.165) is 45.7 Å². The Morgan fingerprint density at radius 3 is 2.67 bits per heavy atom. The van der Waals surface area contributed by atoms with Crippen LogP contribution in [0.25, 0.3) is 10.9 Å². The van der Waals surface area contributed by atoms with Gasteiger partial charge in [0.1, 0.15) is 24.5 Å². The van der Waals surface area contributed by atoms with Gasteiger partial charge in [0.25, 0.3) is 0 Å². The van der Waals surface area contributed by atoms with Gasteiger partial charge in [-0.25, -0.2) is 9.97 Å². The molecule has 3 aromatic carbocycles. The SMILES string of the molecule is CC1(C)[C@@H]2CC3OB(c4ccc(COc5ccc6ncnc(Nc7cccc(Cl)c7)c6c5)cc4)O[C@@]3(C)[C@H]1C2. The second-order valence-corrected chi connectivity index (χ2v) is 12.3. The van der Waals surface area contributed by atoms with E-state index >= 15 is 0 Å². The lowest BCUT2D eigenvalue weighted by Crippen LogP contribution is -2.65. The molecule has 4 atom stereocenters. The summed E-state index contributed by atoms with van der Waals surface area (Å²) in [6.45, 7) is 7.48. The molecule has 8 heteroatoms. The summed E-state index contributed by atoms with van der Waals surface area (Å²) in [4.78, 5) is 8.84. The Balaban J connectivity index is 1.03. The molecule has 0 amide bonds. The number of rotatable bonds is 6. The van der Waals surface area contributed by atoms with E-state index < -0.39 is 0 Å². The molecule has 1 saturated heterocycles. The van der Waals surface area contributed by atoms with Crippen LogP contribution in [0.3, 0.4) is 0 Å². The van der Waals surface area contributed by atoms with Gasteiger partial charge < -0.3 is 19.4 Å². The Kier molecular flexibility index (Phi) is 5.88. The Bertz CT molecular complexity index is 1550. The first-order valence-electron chi connectivity index (χ1n) is 13.6. The predicted molar refractivity (Wildman–Crippen MR) is 155 cm³/mol. The molecule has 2 bridgehead atoms. The van der Waals surface area contributed by atoms with Gasteiger partial charge in [-0.15, -0.1) is 0 Å². The Morgan fingerprint density at radius 2 is 1.87 bits per heavy atom. The maximum Gasteiger partial charge on any atom is 0.494 e. The number of aromatic nitrogens is 2. The monoisotopic (exact) mass is 539 g/mol. The molecule has 4 aromatic rings. The Morgan fingerprint density at radius 1 is 1.03 bits per heavy atom. The second-order valence-electron chi connectivity index (χ2n) is 11.9. The molecule has 1 aromatic heterocycles. The van der Waals surface area contributed by atoms with Crippen LogP contribution in [0.1, 0.15) is 39.2 Å². The fraction of sp³-hybridized carbons (Fsp3) is 0.355. The summed E-state index contributed by atoms with van der Waals surface area (Å²) in [5.74, 6) is 2.74. The third-order valence-electron chi connectivity index (χ3n) is 9.30. The fourth-order valence-electron chi connectivity index (χ4n) is 6.87. The van der Waals surface area contributed by atoms with Crippen LogP contribution in [-0.2, 0) is 15.9 Å². The minimum absolute atomic E-state index is 0.178. The van der Waals surface area contributed by atoms with E-state index in [1.807, 2.05) is 42.5 Å².